The maximum Gasteiger partial charge on any atom is 0.267 e. The predicted molar refractivity (Wildman–Crippen MR) is 147 cm³/mol. The third-order valence-corrected chi connectivity index (χ3v) is 5.89. The summed E-state index contributed by atoms with van der Waals surface area (Å²) in [5.74, 6) is 6.33. The minimum absolute atomic E-state index is 0.0578. The lowest BCUT2D eigenvalue weighted by molar-refractivity contribution is 0.0940. The molecule has 0 aliphatic carbocycles. The Morgan fingerprint density at radius 3 is 2.58 bits per heavy atom. The molecule has 1 unspecified atom stereocenters. The van der Waals surface area contributed by atoms with Crippen molar-refractivity contribution in [1.82, 2.24) is 29.5 Å². The first kappa shape index (κ1) is 24.7. The minimum atomic E-state index is -0.665. The van der Waals surface area contributed by atoms with Crippen LogP contribution in [0.3, 0.4) is 0 Å². The maximum atomic E-state index is 14.0. The van der Waals surface area contributed by atoms with Gasteiger partial charge in [0.25, 0.3) is 11.5 Å². The molecule has 9 nitrogen and oxygen atoms in total. The lowest BCUT2D eigenvalue weighted by Gasteiger charge is -2.20. The minimum Gasteiger partial charge on any atom is -0.381 e. The van der Waals surface area contributed by atoms with Crippen molar-refractivity contribution in [2.75, 3.05) is 5.73 Å². The Morgan fingerprint density at radius 1 is 1.08 bits per heavy atom. The molecular weight excluding hydrogens is 478 g/mol. The van der Waals surface area contributed by atoms with E-state index in [2.05, 4.69) is 27.2 Å². The van der Waals surface area contributed by atoms with E-state index >= 15 is 0 Å². The van der Waals surface area contributed by atoms with Gasteiger partial charge in [0.2, 0.25) is 0 Å². The summed E-state index contributed by atoms with van der Waals surface area (Å²) in [6.07, 6.45) is 3.23. The first-order valence-corrected chi connectivity index (χ1v) is 12.2. The van der Waals surface area contributed by atoms with E-state index in [0.717, 1.165) is 0 Å². The fourth-order valence-corrected chi connectivity index (χ4v) is 4.18. The first-order valence-electron chi connectivity index (χ1n) is 12.2. The van der Waals surface area contributed by atoms with E-state index in [1.165, 1.54) is 9.08 Å². The molecule has 1 amide bonds. The van der Waals surface area contributed by atoms with Gasteiger partial charge in [-0.3, -0.25) is 14.2 Å². The molecule has 5 aromatic rings. The van der Waals surface area contributed by atoms with Crippen LogP contribution in [0.1, 0.15) is 55.5 Å². The highest BCUT2D eigenvalue weighted by atomic mass is 16.2. The van der Waals surface area contributed by atoms with Crippen molar-refractivity contribution < 1.29 is 4.79 Å². The second-order valence-electron chi connectivity index (χ2n) is 9.99. The molecule has 9 heteroatoms. The number of rotatable bonds is 4. The average molecular weight is 506 g/mol. The number of nitrogens with zero attached hydrogens (tertiary/aromatic N) is 5. The van der Waals surface area contributed by atoms with Crippen molar-refractivity contribution in [3.8, 4) is 17.5 Å². The molecule has 2 aromatic carbocycles. The second-order valence-corrected chi connectivity index (χ2v) is 9.99. The molecule has 5 rings (SSSR count). The standard InChI is InChI=1S/C29H27N7O2/c1-18(32-27(37)23-24(30)34-35-17-9-16-31-26(23)35)25-33-21-13-8-10-19(14-15-29(2,3)4)22(21)28(38)36(25)20-11-6-5-7-12-20/h5-13,16-18H,1-4H3,(H2,30,34)(H,32,37). The molecular formula is C29H27N7O2. The van der Waals surface area contributed by atoms with Gasteiger partial charge in [0.05, 0.1) is 22.6 Å². The molecule has 190 valence electrons. The molecule has 0 saturated carbocycles. The van der Waals surface area contributed by atoms with E-state index in [9.17, 15) is 9.59 Å². The summed E-state index contributed by atoms with van der Waals surface area (Å²) in [6.45, 7) is 7.81. The van der Waals surface area contributed by atoms with E-state index in [1.54, 1.807) is 31.5 Å². The zero-order valence-electron chi connectivity index (χ0n) is 21.6. The van der Waals surface area contributed by atoms with Crippen LogP contribution in [0.25, 0.3) is 22.2 Å². The number of carbonyl (C=O) groups is 1. The van der Waals surface area contributed by atoms with Crippen molar-refractivity contribution in [1.29, 1.82) is 0 Å². The number of hydrogen-bond donors (Lipinski definition) is 2. The van der Waals surface area contributed by atoms with Gasteiger partial charge in [0, 0.05) is 23.4 Å². The van der Waals surface area contributed by atoms with Crippen LogP contribution in [0.15, 0.2) is 71.8 Å². The van der Waals surface area contributed by atoms with E-state index in [-0.39, 0.29) is 22.4 Å². The van der Waals surface area contributed by atoms with Crippen molar-refractivity contribution in [3.63, 3.8) is 0 Å². The molecule has 0 spiro atoms. The summed E-state index contributed by atoms with van der Waals surface area (Å²) in [7, 11) is 0. The number of benzene rings is 2. The number of nitrogens with two attached hydrogens (primary N) is 1. The van der Waals surface area contributed by atoms with Crippen LogP contribution in [0, 0.1) is 17.3 Å². The van der Waals surface area contributed by atoms with Crippen molar-refractivity contribution in [2.45, 2.75) is 33.7 Å². The fraction of sp³-hybridized carbons (Fsp3) is 0.207. The van der Waals surface area contributed by atoms with Crippen LogP contribution < -0.4 is 16.6 Å². The van der Waals surface area contributed by atoms with Gasteiger partial charge in [-0.1, -0.05) is 36.1 Å². The number of carbonyl (C=O) groups excluding carboxylic acids is 1. The highest BCUT2D eigenvalue weighted by Crippen LogP contribution is 2.22. The Balaban J connectivity index is 1.66. The van der Waals surface area contributed by atoms with Gasteiger partial charge in [-0.25, -0.2) is 14.5 Å². The molecule has 0 aliphatic heterocycles. The monoisotopic (exact) mass is 505 g/mol. The highest BCUT2D eigenvalue weighted by molar-refractivity contribution is 6.04. The topological polar surface area (TPSA) is 120 Å². The van der Waals surface area contributed by atoms with Crippen LogP contribution in [0.4, 0.5) is 5.82 Å². The summed E-state index contributed by atoms with van der Waals surface area (Å²) >= 11 is 0. The van der Waals surface area contributed by atoms with Gasteiger partial charge in [0.1, 0.15) is 11.4 Å². The summed E-state index contributed by atoms with van der Waals surface area (Å²) < 4.78 is 2.97. The molecule has 3 heterocycles. The van der Waals surface area contributed by atoms with Gasteiger partial charge < -0.3 is 11.1 Å². The Hall–Kier alpha value is -4.97. The van der Waals surface area contributed by atoms with Crippen LogP contribution in [-0.2, 0) is 0 Å². The van der Waals surface area contributed by atoms with Crippen LogP contribution in [-0.4, -0.2) is 30.1 Å². The normalized spacial score (nSPS) is 12.2. The van der Waals surface area contributed by atoms with Gasteiger partial charge >= 0.3 is 0 Å². The molecule has 3 aromatic heterocycles. The third kappa shape index (κ3) is 4.60. The van der Waals surface area contributed by atoms with Gasteiger partial charge in [-0.2, -0.15) is 0 Å². The molecule has 38 heavy (non-hydrogen) atoms. The predicted octanol–water partition coefficient (Wildman–Crippen LogP) is 3.90. The van der Waals surface area contributed by atoms with E-state index in [0.29, 0.717) is 33.6 Å². The van der Waals surface area contributed by atoms with Crippen LogP contribution in [0.5, 0.6) is 0 Å². The largest absolute Gasteiger partial charge is 0.381 e. The van der Waals surface area contributed by atoms with E-state index in [1.807, 2.05) is 63.2 Å². The maximum absolute atomic E-state index is 14.0. The summed E-state index contributed by atoms with van der Waals surface area (Å²) in [4.78, 5) is 36.5. The molecule has 0 radical (unpaired) electrons. The smallest absolute Gasteiger partial charge is 0.267 e. The Kier molecular flexibility index (Phi) is 6.17. The third-order valence-electron chi connectivity index (χ3n) is 5.89. The number of nitrogens with one attached hydrogen (secondary N) is 1. The lowest BCUT2D eigenvalue weighted by Crippen LogP contribution is -2.33. The molecule has 1 atom stereocenters. The molecule has 0 bridgehead atoms. The Labute approximate surface area is 219 Å². The number of para-hydroxylation sites is 1. The Bertz CT molecular complexity index is 1800. The quantitative estimate of drug-likeness (QED) is 0.358. The van der Waals surface area contributed by atoms with Crippen molar-refractivity contribution in [2.24, 2.45) is 5.41 Å². The van der Waals surface area contributed by atoms with Gasteiger partial charge in [-0.05, 0) is 58.0 Å². The lowest BCUT2D eigenvalue weighted by atomic mass is 9.97. The van der Waals surface area contributed by atoms with E-state index < -0.39 is 11.9 Å². The number of aromatic nitrogens is 5. The van der Waals surface area contributed by atoms with Gasteiger partial charge in [0.15, 0.2) is 11.5 Å². The highest BCUT2D eigenvalue weighted by Gasteiger charge is 2.24. The number of fused-ring (bicyclic) bond motifs is 2. The zero-order chi connectivity index (χ0) is 27.0. The van der Waals surface area contributed by atoms with Crippen molar-refractivity contribution >= 4 is 28.3 Å². The van der Waals surface area contributed by atoms with Gasteiger partial charge in [-0.15, -0.1) is 5.10 Å². The summed E-state index contributed by atoms with van der Waals surface area (Å²) in [5, 5.41) is 7.52. The molecule has 0 fully saturated rings. The molecule has 0 aliphatic rings. The SMILES string of the molecule is CC(NC(=O)c1c(N)nn2cccnc12)c1nc2cccc(C#CC(C)(C)C)c2c(=O)n1-c1ccccc1. The number of hydrogen-bond acceptors (Lipinski definition) is 6. The first-order chi connectivity index (χ1) is 18.1. The Morgan fingerprint density at radius 2 is 1.84 bits per heavy atom. The zero-order valence-corrected chi connectivity index (χ0v) is 21.6. The van der Waals surface area contributed by atoms with Crippen LogP contribution in [0.2, 0.25) is 0 Å². The molecule has 3 N–H and O–H groups in total. The number of anilines is 1. The van der Waals surface area contributed by atoms with Crippen LogP contribution >= 0.6 is 0 Å². The summed E-state index contributed by atoms with van der Waals surface area (Å²) in [6, 6.07) is 15.7. The average Bonchev–Trinajstić information content (AvgIpc) is 3.23. The van der Waals surface area contributed by atoms with E-state index in [4.69, 9.17) is 10.7 Å². The summed E-state index contributed by atoms with van der Waals surface area (Å²) in [5.41, 5.74) is 7.76. The number of nitrogen functional groups attached to an aromatic ring is 1. The number of amides is 1. The molecule has 0 saturated heterocycles. The van der Waals surface area contributed by atoms with Crippen molar-refractivity contribution in [3.05, 3.63) is 94.3 Å². The fourth-order valence-electron chi connectivity index (χ4n) is 4.18. The second kappa shape index (κ2) is 9.48.